The molecule has 0 aromatic carbocycles. The zero-order valence-electron chi connectivity index (χ0n) is 19.7. The van der Waals surface area contributed by atoms with Crippen LogP contribution in [-0.2, 0) is 0 Å². The van der Waals surface area contributed by atoms with Crippen LogP contribution in [0, 0.1) is 52.3 Å². The summed E-state index contributed by atoms with van der Waals surface area (Å²) >= 11 is 0. The lowest BCUT2D eigenvalue weighted by molar-refractivity contribution is -0.102. The second-order valence-corrected chi connectivity index (χ2v) is 12.6. The summed E-state index contributed by atoms with van der Waals surface area (Å²) in [6.07, 6.45) is 17.6. The van der Waals surface area contributed by atoms with E-state index in [0.717, 1.165) is 41.4 Å². The van der Waals surface area contributed by atoms with Gasteiger partial charge in [0.15, 0.2) is 0 Å². The van der Waals surface area contributed by atoms with Crippen molar-refractivity contribution in [2.75, 3.05) is 0 Å². The van der Waals surface area contributed by atoms with E-state index < -0.39 is 0 Å². The molecule has 0 heterocycles. The van der Waals surface area contributed by atoms with E-state index in [9.17, 15) is 0 Å². The van der Waals surface area contributed by atoms with Crippen LogP contribution in [0.3, 0.4) is 0 Å². The maximum absolute atomic E-state index is 4.54. The van der Waals surface area contributed by atoms with Gasteiger partial charge in [-0.05, 0) is 110 Å². The molecule has 4 aliphatic carbocycles. The van der Waals surface area contributed by atoms with E-state index in [0.29, 0.717) is 10.8 Å². The van der Waals surface area contributed by atoms with Gasteiger partial charge in [0.25, 0.3) is 0 Å². The third kappa shape index (κ3) is 3.33. The van der Waals surface area contributed by atoms with Gasteiger partial charge < -0.3 is 0 Å². The fourth-order valence-electron chi connectivity index (χ4n) is 9.38. The SMILES string of the molecule is C=C1CCC[C@@]2(C)[C@H]1CC[C@@H]1[C@@H]2CC[C@]2(C)[C@@H]([C@H](C)CCCC(C)C)CC[C@@H]12. The lowest BCUT2D eigenvalue weighted by Gasteiger charge is -2.61. The van der Waals surface area contributed by atoms with Crippen molar-refractivity contribution in [2.45, 2.75) is 112 Å². The normalized spacial score (nSPS) is 46.8. The zero-order valence-corrected chi connectivity index (χ0v) is 19.7. The topological polar surface area (TPSA) is 0 Å². The van der Waals surface area contributed by atoms with E-state index >= 15 is 0 Å². The Morgan fingerprint density at radius 3 is 2.39 bits per heavy atom. The van der Waals surface area contributed by atoms with Crippen LogP contribution in [0.15, 0.2) is 12.2 Å². The molecule has 0 bridgehead atoms. The van der Waals surface area contributed by atoms with Crippen LogP contribution in [0.4, 0.5) is 0 Å². The Morgan fingerprint density at radius 1 is 0.893 bits per heavy atom. The van der Waals surface area contributed by atoms with Gasteiger partial charge in [-0.25, -0.2) is 0 Å². The van der Waals surface area contributed by atoms with Crippen LogP contribution < -0.4 is 0 Å². The molecule has 0 heteroatoms. The highest BCUT2D eigenvalue weighted by molar-refractivity contribution is 5.17. The maximum Gasteiger partial charge on any atom is -0.0149 e. The van der Waals surface area contributed by atoms with Gasteiger partial charge in [0.05, 0.1) is 0 Å². The number of fused-ring (bicyclic) bond motifs is 5. The van der Waals surface area contributed by atoms with Crippen LogP contribution >= 0.6 is 0 Å². The summed E-state index contributed by atoms with van der Waals surface area (Å²) in [5.74, 6) is 6.70. The fourth-order valence-corrected chi connectivity index (χ4v) is 9.38. The minimum absolute atomic E-state index is 0.584. The largest absolute Gasteiger partial charge is 0.0996 e. The highest BCUT2D eigenvalue weighted by atomic mass is 14.6. The summed E-state index contributed by atoms with van der Waals surface area (Å²) < 4.78 is 0. The molecule has 0 spiro atoms. The van der Waals surface area contributed by atoms with Crippen molar-refractivity contribution >= 4 is 0 Å². The second kappa shape index (κ2) is 7.77. The minimum atomic E-state index is 0.584. The van der Waals surface area contributed by atoms with Crippen molar-refractivity contribution in [3.63, 3.8) is 0 Å². The lowest BCUT2D eigenvalue weighted by Crippen LogP contribution is -2.53. The summed E-state index contributed by atoms with van der Waals surface area (Å²) in [6.45, 7) is 17.3. The van der Waals surface area contributed by atoms with Crippen LogP contribution in [0.1, 0.15) is 112 Å². The second-order valence-electron chi connectivity index (χ2n) is 12.6. The third-order valence-corrected chi connectivity index (χ3v) is 10.8. The number of allylic oxidation sites excluding steroid dienone is 1. The molecule has 0 unspecified atom stereocenters. The summed E-state index contributed by atoms with van der Waals surface area (Å²) in [4.78, 5) is 0. The quantitative estimate of drug-likeness (QED) is 0.416. The van der Waals surface area contributed by atoms with E-state index in [-0.39, 0.29) is 0 Å². The third-order valence-electron chi connectivity index (χ3n) is 10.8. The summed E-state index contributed by atoms with van der Waals surface area (Å²) in [5, 5.41) is 0. The van der Waals surface area contributed by atoms with Gasteiger partial charge in [-0.1, -0.05) is 66.0 Å². The van der Waals surface area contributed by atoms with Crippen LogP contribution in [0.5, 0.6) is 0 Å². The first kappa shape index (κ1) is 21.0. The van der Waals surface area contributed by atoms with Crippen molar-refractivity contribution in [1.29, 1.82) is 0 Å². The lowest BCUT2D eigenvalue weighted by atomic mass is 9.44. The van der Waals surface area contributed by atoms with Crippen molar-refractivity contribution < 1.29 is 0 Å². The van der Waals surface area contributed by atoms with Crippen molar-refractivity contribution in [3.05, 3.63) is 12.2 Å². The first-order valence-corrected chi connectivity index (χ1v) is 12.9. The smallest absolute Gasteiger partial charge is 0.0149 e. The van der Waals surface area contributed by atoms with Crippen LogP contribution in [0.25, 0.3) is 0 Å². The zero-order chi connectivity index (χ0) is 20.1. The Balaban J connectivity index is 1.48. The highest BCUT2D eigenvalue weighted by Gasteiger charge is 2.60. The molecule has 4 rings (SSSR count). The molecule has 0 aromatic rings. The molecule has 28 heavy (non-hydrogen) atoms. The van der Waals surface area contributed by atoms with Crippen LogP contribution in [-0.4, -0.2) is 0 Å². The molecule has 0 N–H and O–H groups in total. The van der Waals surface area contributed by atoms with Gasteiger partial charge in [-0.2, -0.15) is 0 Å². The molecular weight excluding hydrogens is 336 g/mol. The maximum atomic E-state index is 4.54. The number of hydrogen-bond acceptors (Lipinski definition) is 0. The fraction of sp³-hybridized carbons (Fsp3) is 0.929. The molecule has 0 nitrogen and oxygen atoms in total. The Kier molecular flexibility index (Phi) is 5.83. The molecule has 0 aliphatic heterocycles. The Morgan fingerprint density at radius 2 is 1.64 bits per heavy atom. The van der Waals surface area contributed by atoms with Crippen molar-refractivity contribution in [3.8, 4) is 0 Å². The Labute approximate surface area is 176 Å². The highest BCUT2D eigenvalue weighted by Crippen LogP contribution is 2.68. The molecule has 8 atom stereocenters. The average Bonchev–Trinajstić information content (AvgIpc) is 2.98. The molecule has 160 valence electrons. The van der Waals surface area contributed by atoms with Gasteiger partial charge in [0.2, 0.25) is 0 Å². The predicted octanol–water partition coefficient (Wildman–Crippen LogP) is 8.66. The molecule has 4 saturated carbocycles. The van der Waals surface area contributed by atoms with E-state index in [1.54, 1.807) is 12.0 Å². The van der Waals surface area contributed by atoms with Gasteiger partial charge in [0, 0.05) is 0 Å². The number of hydrogen-bond donors (Lipinski definition) is 0. The number of rotatable bonds is 5. The minimum Gasteiger partial charge on any atom is -0.0996 e. The standard InChI is InChI=1S/C28H48/c1-19(2)9-7-10-20(3)24-14-15-25-22-12-13-23-21(4)11-8-17-27(23,5)26(22)16-18-28(24,25)6/h19-20,22-26H,4,7-18H2,1-3,5-6H3/t20-,22+,23+,24-,25+,26+,27+,28-/m1/s1. The van der Waals surface area contributed by atoms with Gasteiger partial charge in [-0.15, -0.1) is 0 Å². The Hall–Kier alpha value is -0.260. The van der Waals surface area contributed by atoms with Gasteiger partial charge >= 0.3 is 0 Å². The molecule has 0 aromatic heterocycles. The molecule has 0 amide bonds. The van der Waals surface area contributed by atoms with Crippen molar-refractivity contribution in [2.24, 2.45) is 52.3 Å². The monoisotopic (exact) mass is 384 g/mol. The summed E-state index contributed by atoms with van der Waals surface area (Å²) in [7, 11) is 0. The summed E-state index contributed by atoms with van der Waals surface area (Å²) in [5.41, 5.74) is 2.84. The van der Waals surface area contributed by atoms with Gasteiger partial charge in [0.1, 0.15) is 0 Å². The Bertz CT molecular complexity index is 573. The van der Waals surface area contributed by atoms with Crippen LogP contribution in [0.2, 0.25) is 0 Å². The predicted molar refractivity (Wildman–Crippen MR) is 122 cm³/mol. The van der Waals surface area contributed by atoms with Crippen molar-refractivity contribution in [1.82, 2.24) is 0 Å². The molecule has 0 radical (unpaired) electrons. The summed E-state index contributed by atoms with van der Waals surface area (Å²) in [6, 6.07) is 0. The van der Waals surface area contributed by atoms with E-state index in [1.807, 2.05) is 0 Å². The molecule has 4 fully saturated rings. The first-order valence-electron chi connectivity index (χ1n) is 12.9. The molecule has 0 saturated heterocycles. The van der Waals surface area contributed by atoms with E-state index in [2.05, 4.69) is 41.2 Å². The average molecular weight is 385 g/mol. The molecular formula is C28H48. The van der Waals surface area contributed by atoms with E-state index in [4.69, 9.17) is 0 Å². The molecule has 4 aliphatic rings. The van der Waals surface area contributed by atoms with Gasteiger partial charge in [-0.3, -0.25) is 0 Å². The first-order chi connectivity index (χ1) is 13.3. The van der Waals surface area contributed by atoms with E-state index in [1.165, 1.54) is 70.6 Å².